The van der Waals surface area contributed by atoms with Gasteiger partial charge in [0.1, 0.15) is 0 Å². The molecule has 0 saturated carbocycles. The lowest BCUT2D eigenvalue weighted by Gasteiger charge is -1.95. The van der Waals surface area contributed by atoms with Crippen LogP contribution in [0.1, 0.15) is 11.1 Å². The number of non-ortho nitro benzene ring substituents is 1. The van der Waals surface area contributed by atoms with Crippen LogP contribution in [0.2, 0.25) is 0 Å². The van der Waals surface area contributed by atoms with Gasteiger partial charge in [0.15, 0.2) is 0 Å². The molecule has 0 atom stereocenters. The molecular weight excluding hydrogens is 228 g/mol. The molecule has 0 unspecified atom stereocenters. The number of rotatable bonds is 1. The van der Waals surface area contributed by atoms with E-state index in [9.17, 15) is 10.1 Å². The Labute approximate surface area is 104 Å². The summed E-state index contributed by atoms with van der Waals surface area (Å²) in [6.07, 6.45) is 0. The first-order valence-electron chi connectivity index (χ1n) is 5.28. The standard InChI is InChI=1S/C14H10N2O2/c15-14-7-2-1-5-12(14)9-8-11-4-3-6-13(10-11)16(17)18/h1-7,10H,15H2. The second kappa shape index (κ2) is 5.02. The maximum absolute atomic E-state index is 10.6. The van der Waals surface area contributed by atoms with Crippen LogP contribution in [0.15, 0.2) is 48.5 Å². The van der Waals surface area contributed by atoms with Crippen molar-refractivity contribution in [3.05, 3.63) is 69.8 Å². The van der Waals surface area contributed by atoms with E-state index >= 15 is 0 Å². The number of nitrogens with two attached hydrogens (primary N) is 1. The summed E-state index contributed by atoms with van der Waals surface area (Å²) in [5, 5.41) is 10.6. The minimum absolute atomic E-state index is 0.0304. The maximum Gasteiger partial charge on any atom is 0.270 e. The molecule has 0 heterocycles. The molecule has 2 N–H and O–H groups in total. The number of nitrogens with zero attached hydrogens (tertiary/aromatic N) is 1. The molecule has 88 valence electrons. The molecule has 18 heavy (non-hydrogen) atoms. The van der Waals surface area contributed by atoms with Crippen LogP contribution in [0.5, 0.6) is 0 Å². The summed E-state index contributed by atoms with van der Waals surface area (Å²) in [5.41, 5.74) is 7.68. The topological polar surface area (TPSA) is 69.2 Å². The van der Waals surface area contributed by atoms with Gasteiger partial charge in [-0.2, -0.15) is 0 Å². The van der Waals surface area contributed by atoms with Gasteiger partial charge in [-0.3, -0.25) is 10.1 Å². The van der Waals surface area contributed by atoms with Gasteiger partial charge >= 0.3 is 0 Å². The van der Waals surface area contributed by atoms with Crippen LogP contribution in [0, 0.1) is 22.0 Å². The summed E-state index contributed by atoms with van der Waals surface area (Å²) in [4.78, 5) is 10.2. The quantitative estimate of drug-likeness (QED) is 0.359. The smallest absolute Gasteiger partial charge is 0.270 e. The number of para-hydroxylation sites is 1. The van der Waals surface area contributed by atoms with Crippen LogP contribution >= 0.6 is 0 Å². The SMILES string of the molecule is Nc1ccccc1C#Cc1cccc([N+](=O)[O-])c1. The summed E-state index contributed by atoms with van der Waals surface area (Å²) in [6.45, 7) is 0. The average molecular weight is 238 g/mol. The number of hydrogen-bond acceptors (Lipinski definition) is 3. The van der Waals surface area contributed by atoms with Gasteiger partial charge in [-0.15, -0.1) is 0 Å². The zero-order chi connectivity index (χ0) is 13.0. The van der Waals surface area contributed by atoms with Crippen molar-refractivity contribution >= 4 is 11.4 Å². The predicted molar refractivity (Wildman–Crippen MR) is 69.9 cm³/mol. The van der Waals surface area contributed by atoms with Crippen molar-refractivity contribution < 1.29 is 4.92 Å². The molecule has 0 aliphatic rings. The molecule has 0 radical (unpaired) electrons. The van der Waals surface area contributed by atoms with Gasteiger partial charge in [0.2, 0.25) is 0 Å². The molecule has 0 aliphatic heterocycles. The summed E-state index contributed by atoms with van der Waals surface area (Å²) in [6, 6.07) is 13.4. The normalized spacial score (nSPS) is 9.33. The Morgan fingerprint density at radius 1 is 1.06 bits per heavy atom. The molecular formula is C14H10N2O2. The lowest BCUT2D eigenvalue weighted by atomic mass is 10.1. The Morgan fingerprint density at radius 2 is 1.83 bits per heavy atom. The van der Waals surface area contributed by atoms with E-state index in [-0.39, 0.29) is 5.69 Å². The second-order valence-electron chi connectivity index (χ2n) is 3.64. The molecule has 2 aromatic rings. The molecule has 4 nitrogen and oxygen atoms in total. The number of nitro benzene ring substituents is 1. The van der Waals surface area contributed by atoms with Crippen molar-refractivity contribution in [2.75, 3.05) is 5.73 Å². The number of hydrogen-bond donors (Lipinski definition) is 1. The fourth-order valence-electron chi connectivity index (χ4n) is 1.45. The van der Waals surface area contributed by atoms with Crippen molar-refractivity contribution in [3.63, 3.8) is 0 Å². The van der Waals surface area contributed by atoms with E-state index in [1.165, 1.54) is 12.1 Å². The Morgan fingerprint density at radius 3 is 2.56 bits per heavy atom. The van der Waals surface area contributed by atoms with Gasteiger partial charge in [0, 0.05) is 28.9 Å². The highest BCUT2D eigenvalue weighted by Crippen LogP contribution is 2.13. The average Bonchev–Trinajstić information content (AvgIpc) is 2.38. The first-order chi connectivity index (χ1) is 8.66. The third kappa shape index (κ3) is 2.66. The lowest BCUT2D eigenvalue weighted by molar-refractivity contribution is -0.384. The van der Waals surface area contributed by atoms with Crippen molar-refractivity contribution in [3.8, 4) is 11.8 Å². The highest BCUT2D eigenvalue weighted by molar-refractivity contribution is 5.57. The van der Waals surface area contributed by atoms with E-state index in [1.807, 2.05) is 12.1 Å². The Balaban J connectivity index is 2.33. The van der Waals surface area contributed by atoms with E-state index in [0.29, 0.717) is 16.8 Å². The molecule has 0 aromatic heterocycles. The summed E-state index contributed by atoms with van der Waals surface area (Å²) in [7, 11) is 0. The highest BCUT2D eigenvalue weighted by atomic mass is 16.6. The molecule has 0 fully saturated rings. The van der Waals surface area contributed by atoms with Crippen molar-refractivity contribution in [2.45, 2.75) is 0 Å². The first kappa shape index (κ1) is 11.7. The van der Waals surface area contributed by atoms with E-state index in [1.54, 1.807) is 24.3 Å². The van der Waals surface area contributed by atoms with Gasteiger partial charge in [0.05, 0.1) is 4.92 Å². The van der Waals surface area contributed by atoms with E-state index < -0.39 is 4.92 Å². The molecule has 0 amide bonds. The molecule has 0 aliphatic carbocycles. The van der Waals surface area contributed by atoms with Crippen LogP contribution in [0.4, 0.5) is 11.4 Å². The lowest BCUT2D eigenvalue weighted by Crippen LogP contribution is -1.89. The molecule has 2 rings (SSSR count). The molecule has 0 spiro atoms. The van der Waals surface area contributed by atoms with E-state index in [4.69, 9.17) is 5.73 Å². The number of benzene rings is 2. The zero-order valence-corrected chi connectivity index (χ0v) is 9.46. The van der Waals surface area contributed by atoms with Gasteiger partial charge < -0.3 is 5.73 Å². The third-order valence-electron chi connectivity index (χ3n) is 2.36. The van der Waals surface area contributed by atoms with Crippen LogP contribution in [0.3, 0.4) is 0 Å². The van der Waals surface area contributed by atoms with Gasteiger partial charge in [-0.05, 0) is 18.2 Å². The Kier molecular flexibility index (Phi) is 3.26. The van der Waals surface area contributed by atoms with Gasteiger partial charge in [-0.1, -0.05) is 30.0 Å². The second-order valence-corrected chi connectivity index (χ2v) is 3.64. The minimum atomic E-state index is -0.442. The third-order valence-corrected chi connectivity index (χ3v) is 2.36. The zero-order valence-electron chi connectivity index (χ0n) is 9.46. The van der Waals surface area contributed by atoms with Crippen LogP contribution in [0.25, 0.3) is 0 Å². The monoisotopic (exact) mass is 238 g/mol. The maximum atomic E-state index is 10.6. The van der Waals surface area contributed by atoms with Crippen molar-refractivity contribution in [2.24, 2.45) is 0 Å². The summed E-state index contributed by atoms with van der Waals surface area (Å²) < 4.78 is 0. The molecule has 0 saturated heterocycles. The highest BCUT2D eigenvalue weighted by Gasteiger charge is 2.03. The number of nitro groups is 1. The van der Waals surface area contributed by atoms with Crippen LogP contribution in [-0.2, 0) is 0 Å². The number of nitrogen functional groups attached to an aromatic ring is 1. The largest absolute Gasteiger partial charge is 0.398 e. The van der Waals surface area contributed by atoms with Crippen LogP contribution < -0.4 is 5.73 Å². The minimum Gasteiger partial charge on any atom is -0.398 e. The van der Waals surface area contributed by atoms with Crippen molar-refractivity contribution in [1.29, 1.82) is 0 Å². The predicted octanol–water partition coefficient (Wildman–Crippen LogP) is 2.58. The fourth-order valence-corrected chi connectivity index (χ4v) is 1.45. The summed E-state index contributed by atoms with van der Waals surface area (Å²) >= 11 is 0. The fraction of sp³-hybridized carbons (Fsp3) is 0. The molecule has 2 aromatic carbocycles. The van der Waals surface area contributed by atoms with E-state index in [0.717, 1.165) is 0 Å². The molecule has 4 heteroatoms. The van der Waals surface area contributed by atoms with Crippen molar-refractivity contribution in [1.82, 2.24) is 0 Å². The number of anilines is 1. The van der Waals surface area contributed by atoms with Crippen LogP contribution in [-0.4, -0.2) is 4.92 Å². The Hall–Kier alpha value is -2.80. The first-order valence-corrected chi connectivity index (χ1v) is 5.28. The van der Waals surface area contributed by atoms with Gasteiger partial charge in [-0.25, -0.2) is 0 Å². The molecule has 0 bridgehead atoms. The van der Waals surface area contributed by atoms with E-state index in [2.05, 4.69) is 11.8 Å². The Bertz CT molecular complexity index is 654. The van der Waals surface area contributed by atoms with Gasteiger partial charge in [0.25, 0.3) is 5.69 Å². The summed E-state index contributed by atoms with van der Waals surface area (Å²) in [5.74, 6) is 5.76.